The van der Waals surface area contributed by atoms with Gasteiger partial charge in [-0.2, -0.15) is 5.10 Å². The van der Waals surface area contributed by atoms with E-state index in [2.05, 4.69) is 21.0 Å². The first-order chi connectivity index (χ1) is 15.1. The fourth-order valence-corrected chi connectivity index (χ4v) is 3.26. The highest BCUT2D eigenvalue weighted by atomic mass is 79.9. The summed E-state index contributed by atoms with van der Waals surface area (Å²) >= 11 is 3.49. The van der Waals surface area contributed by atoms with Crippen LogP contribution in [0.3, 0.4) is 0 Å². The van der Waals surface area contributed by atoms with Gasteiger partial charge < -0.3 is 4.74 Å². The van der Waals surface area contributed by atoms with Gasteiger partial charge in [0.2, 0.25) is 5.95 Å². The number of ether oxygens (including phenoxy) is 1. The number of nitrogens with zero attached hydrogens (tertiary/aromatic N) is 4. The molecule has 31 heavy (non-hydrogen) atoms. The van der Waals surface area contributed by atoms with Crippen LogP contribution in [-0.2, 0) is 0 Å². The van der Waals surface area contributed by atoms with E-state index in [1.54, 1.807) is 18.3 Å². The summed E-state index contributed by atoms with van der Waals surface area (Å²) in [5.74, 6) is 1.33. The third-order valence-corrected chi connectivity index (χ3v) is 5.24. The quantitative estimate of drug-likeness (QED) is 0.253. The Bertz CT molecular complexity index is 1180. The van der Waals surface area contributed by atoms with Crippen LogP contribution >= 0.6 is 15.9 Å². The lowest BCUT2D eigenvalue weighted by atomic mass is 10.1. The molecule has 0 aliphatic rings. The minimum Gasteiger partial charge on any atom is -0.497 e. The van der Waals surface area contributed by atoms with Gasteiger partial charge in [0.15, 0.2) is 0 Å². The van der Waals surface area contributed by atoms with Gasteiger partial charge in [0.05, 0.1) is 24.7 Å². The summed E-state index contributed by atoms with van der Waals surface area (Å²) in [5, 5.41) is 6.22. The van der Waals surface area contributed by atoms with Gasteiger partial charge in [-0.3, -0.25) is 0 Å². The number of hydrogen-bond acceptors (Lipinski definition) is 5. The molecular weight excluding hydrogens is 452 g/mol. The summed E-state index contributed by atoms with van der Waals surface area (Å²) in [6, 6.07) is 27.9. The van der Waals surface area contributed by atoms with Crippen LogP contribution in [-0.4, -0.2) is 30.3 Å². The summed E-state index contributed by atoms with van der Waals surface area (Å²) in [7, 11) is 3.49. The molecule has 4 aromatic rings. The molecule has 0 radical (unpaired) electrons. The molecule has 0 saturated carbocycles. The molecule has 0 saturated heterocycles. The van der Waals surface area contributed by atoms with Crippen molar-refractivity contribution >= 4 is 28.1 Å². The minimum absolute atomic E-state index is 0.518. The maximum atomic E-state index is 5.20. The second-order valence-electron chi connectivity index (χ2n) is 6.85. The third kappa shape index (κ3) is 5.16. The van der Waals surface area contributed by atoms with E-state index < -0.39 is 0 Å². The zero-order valence-electron chi connectivity index (χ0n) is 17.2. The van der Waals surface area contributed by atoms with Gasteiger partial charge in [-0.05, 0) is 48.0 Å². The average molecular weight is 473 g/mol. The number of hydrazone groups is 1. The monoisotopic (exact) mass is 472 g/mol. The molecule has 0 aliphatic carbocycles. The Morgan fingerprint density at radius 2 is 1.45 bits per heavy atom. The highest BCUT2D eigenvalue weighted by Crippen LogP contribution is 2.27. The Balaban J connectivity index is 1.70. The van der Waals surface area contributed by atoms with Crippen LogP contribution in [0.25, 0.3) is 22.5 Å². The Morgan fingerprint density at radius 1 is 0.839 bits per heavy atom. The van der Waals surface area contributed by atoms with Crippen molar-refractivity contribution in [1.82, 2.24) is 9.97 Å². The van der Waals surface area contributed by atoms with Gasteiger partial charge >= 0.3 is 0 Å². The molecule has 0 atom stereocenters. The van der Waals surface area contributed by atoms with Crippen LogP contribution in [0.15, 0.2) is 94.5 Å². The van der Waals surface area contributed by atoms with Crippen LogP contribution in [0.2, 0.25) is 0 Å². The zero-order valence-corrected chi connectivity index (χ0v) is 18.8. The highest BCUT2D eigenvalue weighted by molar-refractivity contribution is 9.10. The number of aromatic nitrogens is 2. The van der Waals surface area contributed by atoms with Crippen molar-refractivity contribution in [3.8, 4) is 28.3 Å². The van der Waals surface area contributed by atoms with E-state index in [1.165, 1.54) is 0 Å². The van der Waals surface area contributed by atoms with Crippen molar-refractivity contribution in [2.45, 2.75) is 0 Å². The normalized spacial score (nSPS) is 10.9. The lowest BCUT2D eigenvalue weighted by Gasteiger charge is -2.14. The van der Waals surface area contributed by atoms with Crippen molar-refractivity contribution in [3.63, 3.8) is 0 Å². The van der Waals surface area contributed by atoms with E-state index >= 15 is 0 Å². The number of hydrogen-bond donors (Lipinski definition) is 0. The first-order valence-corrected chi connectivity index (χ1v) is 10.5. The molecular formula is C25H21BrN4O. The second kappa shape index (κ2) is 9.53. The molecule has 1 heterocycles. The topological polar surface area (TPSA) is 50.6 Å². The Kier molecular flexibility index (Phi) is 6.38. The number of rotatable bonds is 6. The van der Waals surface area contributed by atoms with Crippen molar-refractivity contribution in [2.24, 2.45) is 5.10 Å². The molecule has 6 heteroatoms. The highest BCUT2D eigenvalue weighted by Gasteiger charge is 2.11. The molecule has 4 rings (SSSR count). The summed E-state index contributed by atoms with van der Waals surface area (Å²) < 4.78 is 6.23. The van der Waals surface area contributed by atoms with Gasteiger partial charge in [0.1, 0.15) is 5.75 Å². The van der Waals surface area contributed by atoms with Crippen molar-refractivity contribution < 1.29 is 4.74 Å². The molecule has 0 unspecified atom stereocenters. The molecule has 0 spiro atoms. The molecule has 0 amide bonds. The zero-order chi connectivity index (χ0) is 21.6. The van der Waals surface area contributed by atoms with E-state index in [1.807, 2.05) is 92.0 Å². The standard InChI is InChI=1S/C25H21BrN4O/c1-30(27-17-18-8-14-22(31-2)15-9-18)25-28-23(19-6-4-3-5-7-19)16-24(29-25)20-10-12-21(26)13-11-20/h3-17H,1-2H3/b27-17+. The SMILES string of the molecule is COc1ccc(/C=N/N(C)c2nc(-c3ccccc3)cc(-c3ccc(Br)cc3)n2)cc1. The summed E-state index contributed by atoms with van der Waals surface area (Å²) in [6.07, 6.45) is 1.78. The van der Waals surface area contributed by atoms with Crippen LogP contribution in [0, 0.1) is 0 Å². The second-order valence-corrected chi connectivity index (χ2v) is 7.77. The van der Waals surface area contributed by atoms with Crippen molar-refractivity contribution in [1.29, 1.82) is 0 Å². The molecule has 0 bridgehead atoms. The predicted octanol–water partition coefficient (Wildman–Crippen LogP) is 6.05. The van der Waals surface area contributed by atoms with Gasteiger partial charge in [-0.25, -0.2) is 15.0 Å². The maximum absolute atomic E-state index is 5.20. The van der Waals surface area contributed by atoms with E-state index in [9.17, 15) is 0 Å². The Hall–Kier alpha value is -3.51. The average Bonchev–Trinajstić information content (AvgIpc) is 2.83. The largest absolute Gasteiger partial charge is 0.497 e. The maximum Gasteiger partial charge on any atom is 0.247 e. The summed E-state index contributed by atoms with van der Waals surface area (Å²) in [6.45, 7) is 0. The number of anilines is 1. The molecule has 0 N–H and O–H groups in total. The van der Waals surface area contributed by atoms with E-state index in [0.29, 0.717) is 5.95 Å². The van der Waals surface area contributed by atoms with Crippen LogP contribution < -0.4 is 9.75 Å². The molecule has 0 fully saturated rings. The smallest absolute Gasteiger partial charge is 0.247 e. The minimum atomic E-state index is 0.518. The van der Waals surface area contributed by atoms with Gasteiger partial charge in [-0.15, -0.1) is 0 Å². The Morgan fingerprint density at radius 3 is 2.06 bits per heavy atom. The van der Waals surface area contributed by atoms with Gasteiger partial charge in [-0.1, -0.05) is 58.4 Å². The lowest BCUT2D eigenvalue weighted by Crippen LogP contribution is -2.13. The fourth-order valence-electron chi connectivity index (χ4n) is 3.00. The van der Waals surface area contributed by atoms with Crippen LogP contribution in [0.5, 0.6) is 5.75 Å². The molecule has 154 valence electrons. The number of halogens is 1. The van der Waals surface area contributed by atoms with E-state index in [4.69, 9.17) is 14.7 Å². The van der Waals surface area contributed by atoms with E-state index in [0.717, 1.165) is 38.3 Å². The fraction of sp³-hybridized carbons (Fsp3) is 0.0800. The Labute approximate surface area is 190 Å². The molecule has 5 nitrogen and oxygen atoms in total. The molecule has 0 aliphatic heterocycles. The predicted molar refractivity (Wildman–Crippen MR) is 130 cm³/mol. The van der Waals surface area contributed by atoms with Crippen LogP contribution in [0.1, 0.15) is 5.56 Å². The first-order valence-electron chi connectivity index (χ1n) is 9.74. The number of benzene rings is 3. The number of methoxy groups -OCH3 is 1. The van der Waals surface area contributed by atoms with Gasteiger partial charge in [0.25, 0.3) is 0 Å². The molecule has 1 aromatic heterocycles. The lowest BCUT2D eigenvalue weighted by molar-refractivity contribution is 0.415. The third-order valence-electron chi connectivity index (χ3n) is 4.71. The van der Waals surface area contributed by atoms with Crippen molar-refractivity contribution in [2.75, 3.05) is 19.2 Å². The van der Waals surface area contributed by atoms with Gasteiger partial charge in [0, 0.05) is 22.6 Å². The summed E-state index contributed by atoms with van der Waals surface area (Å²) in [4.78, 5) is 9.52. The molecule has 3 aromatic carbocycles. The van der Waals surface area contributed by atoms with E-state index in [-0.39, 0.29) is 0 Å². The van der Waals surface area contributed by atoms with Crippen molar-refractivity contribution in [3.05, 3.63) is 95.0 Å². The first kappa shape index (κ1) is 20.8. The summed E-state index contributed by atoms with van der Waals surface area (Å²) in [5.41, 5.74) is 4.67. The van der Waals surface area contributed by atoms with Crippen LogP contribution in [0.4, 0.5) is 5.95 Å².